The number of carbonyl (C=O) groups excluding carboxylic acids is 2. The average Bonchev–Trinajstić information content (AvgIpc) is 2.96. The Morgan fingerprint density at radius 3 is 2.48 bits per heavy atom. The summed E-state index contributed by atoms with van der Waals surface area (Å²) in [5, 5.41) is 3.78. The van der Waals surface area contributed by atoms with Gasteiger partial charge in [-0.25, -0.2) is 0 Å². The van der Waals surface area contributed by atoms with E-state index >= 15 is 0 Å². The number of aromatic nitrogens is 1. The molecule has 0 saturated heterocycles. The van der Waals surface area contributed by atoms with Gasteiger partial charge in [0, 0.05) is 23.1 Å². The maximum atomic E-state index is 13.2. The quantitative estimate of drug-likeness (QED) is 0.640. The van der Waals surface area contributed by atoms with E-state index in [1.54, 1.807) is 36.7 Å². The molecule has 4 rings (SSSR count). The van der Waals surface area contributed by atoms with Crippen molar-refractivity contribution in [2.75, 3.05) is 5.32 Å². The minimum atomic E-state index is -0.368. The zero-order chi connectivity index (χ0) is 20.4. The lowest BCUT2D eigenvalue weighted by Gasteiger charge is -2.15. The van der Waals surface area contributed by atoms with Gasteiger partial charge in [0.25, 0.3) is 11.8 Å². The largest absolute Gasteiger partial charge is 0.350 e. The molecule has 3 aromatic rings. The highest BCUT2D eigenvalue weighted by Gasteiger charge is 2.39. The minimum Gasteiger partial charge on any atom is -0.350 e. The number of halogens is 1. The Morgan fingerprint density at radius 2 is 1.79 bits per heavy atom. The van der Waals surface area contributed by atoms with Gasteiger partial charge in [0.1, 0.15) is 5.70 Å². The fourth-order valence-electron chi connectivity index (χ4n) is 3.28. The fourth-order valence-corrected chi connectivity index (χ4v) is 3.51. The molecule has 2 amide bonds. The summed E-state index contributed by atoms with van der Waals surface area (Å²) in [4.78, 5) is 31.8. The standard InChI is InChI=1S/C23H18ClN3O2/c1-15-12-18(24)9-10-19(15)26-21-20(17-7-3-2-4-8-17)22(28)27(23(21)29)14-16-6-5-11-25-13-16/h2-13,26H,14H2,1H3. The van der Waals surface area contributed by atoms with E-state index in [0.717, 1.165) is 16.8 Å². The topological polar surface area (TPSA) is 62.3 Å². The van der Waals surface area contributed by atoms with Gasteiger partial charge < -0.3 is 5.32 Å². The van der Waals surface area contributed by atoms with Crippen LogP contribution in [0.5, 0.6) is 0 Å². The van der Waals surface area contributed by atoms with E-state index in [0.29, 0.717) is 16.2 Å². The SMILES string of the molecule is Cc1cc(Cl)ccc1NC1=C(c2ccccc2)C(=O)N(Cc2cccnc2)C1=O. The molecule has 144 valence electrons. The molecule has 1 aromatic heterocycles. The Balaban J connectivity index is 1.75. The summed E-state index contributed by atoms with van der Waals surface area (Å²) in [7, 11) is 0. The number of amides is 2. The van der Waals surface area contributed by atoms with Crippen LogP contribution in [-0.2, 0) is 16.1 Å². The van der Waals surface area contributed by atoms with Crippen LogP contribution in [0.15, 0.2) is 78.8 Å². The monoisotopic (exact) mass is 403 g/mol. The lowest BCUT2D eigenvalue weighted by Crippen LogP contribution is -2.32. The van der Waals surface area contributed by atoms with Gasteiger partial charge in [0.2, 0.25) is 0 Å². The van der Waals surface area contributed by atoms with E-state index in [-0.39, 0.29) is 24.1 Å². The first-order chi connectivity index (χ1) is 14.0. The molecule has 0 bridgehead atoms. The van der Waals surface area contributed by atoms with Crippen LogP contribution in [0.3, 0.4) is 0 Å². The minimum absolute atomic E-state index is 0.159. The molecule has 0 fully saturated rings. The molecule has 2 heterocycles. The number of pyridine rings is 1. The van der Waals surface area contributed by atoms with Crippen molar-refractivity contribution in [3.8, 4) is 0 Å². The van der Waals surface area contributed by atoms with E-state index in [1.165, 1.54) is 4.90 Å². The van der Waals surface area contributed by atoms with E-state index in [9.17, 15) is 9.59 Å². The number of nitrogens with one attached hydrogen (secondary N) is 1. The van der Waals surface area contributed by atoms with Crippen molar-refractivity contribution in [1.29, 1.82) is 0 Å². The second kappa shape index (κ2) is 7.89. The number of nitrogens with zero attached hydrogens (tertiary/aromatic N) is 2. The van der Waals surface area contributed by atoms with Crippen molar-refractivity contribution in [2.45, 2.75) is 13.5 Å². The van der Waals surface area contributed by atoms with Crippen LogP contribution in [0.4, 0.5) is 5.69 Å². The van der Waals surface area contributed by atoms with Crippen LogP contribution in [0, 0.1) is 6.92 Å². The maximum Gasteiger partial charge on any atom is 0.278 e. The first kappa shape index (κ1) is 18.9. The molecule has 1 aliphatic rings. The van der Waals surface area contributed by atoms with E-state index in [2.05, 4.69) is 10.3 Å². The highest BCUT2D eigenvalue weighted by molar-refractivity contribution is 6.36. The zero-order valence-electron chi connectivity index (χ0n) is 15.7. The van der Waals surface area contributed by atoms with Crippen LogP contribution < -0.4 is 5.32 Å². The molecular formula is C23H18ClN3O2. The summed E-state index contributed by atoms with van der Waals surface area (Å²) in [5.41, 5.74) is 3.69. The highest BCUT2D eigenvalue weighted by atomic mass is 35.5. The van der Waals surface area contributed by atoms with E-state index < -0.39 is 0 Å². The first-order valence-electron chi connectivity index (χ1n) is 9.12. The number of anilines is 1. The Hall–Kier alpha value is -3.44. The smallest absolute Gasteiger partial charge is 0.278 e. The second-order valence-electron chi connectivity index (χ2n) is 6.76. The lowest BCUT2D eigenvalue weighted by atomic mass is 10.0. The fraction of sp³-hybridized carbons (Fsp3) is 0.0870. The highest BCUT2D eigenvalue weighted by Crippen LogP contribution is 2.32. The molecule has 0 radical (unpaired) electrons. The van der Waals surface area contributed by atoms with Crippen molar-refractivity contribution in [1.82, 2.24) is 9.88 Å². The molecule has 29 heavy (non-hydrogen) atoms. The number of carbonyl (C=O) groups is 2. The molecule has 2 aromatic carbocycles. The summed E-state index contributed by atoms with van der Waals surface area (Å²) in [5.74, 6) is -0.703. The van der Waals surface area contributed by atoms with Gasteiger partial charge in [-0.2, -0.15) is 0 Å². The molecule has 1 aliphatic heterocycles. The molecule has 0 unspecified atom stereocenters. The van der Waals surface area contributed by atoms with Crippen molar-refractivity contribution in [2.24, 2.45) is 0 Å². The molecule has 0 atom stereocenters. The van der Waals surface area contributed by atoms with Gasteiger partial charge in [0.05, 0.1) is 12.1 Å². The predicted octanol–water partition coefficient (Wildman–Crippen LogP) is 4.44. The van der Waals surface area contributed by atoms with Crippen LogP contribution in [0.25, 0.3) is 5.57 Å². The van der Waals surface area contributed by atoms with Crippen molar-refractivity contribution in [3.05, 3.63) is 100 Å². The number of hydrogen-bond donors (Lipinski definition) is 1. The summed E-state index contributed by atoms with van der Waals surface area (Å²) in [6.07, 6.45) is 3.30. The molecule has 0 aliphatic carbocycles. The molecule has 6 heteroatoms. The molecule has 5 nitrogen and oxygen atoms in total. The number of imide groups is 1. The van der Waals surface area contributed by atoms with E-state index in [1.807, 2.05) is 43.3 Å². The third kappa shape index (κ3) is 3.77. The lowest BCUT2D eigenvalue weighted by molar-refractivity contribution is -0.137. The molecular weight excluding hydrogens is 386 g/mol. The third-order valence-corrected chi connectivity index (χ3v) is 4.98. The number of rotatable bonds is 5. The van der Waals surface area contributed by atoms with Crippen LogP contribution in [0.2, 0.25) is 5.02 Å². The average molecular weight is 404 g/mol. The summed E-state index contributed by atoms with van der Waals surface area (Å²) in [6.45, 7) is 2.05. The number of hydrogen-bond acceptors (Lipinski definition) is 4. The van der Waals surface area contributed by atoms with Crippen molar-refractivity contribution in [3.63, 3.8) is 0 Å². The number of benzene rings is 2. The van der Waals surface area contributed by atoms with Gasteiger partial charge in [-0.15, -0.1) is 0 Å². The Kier molecular flexibility index (Phi) is 5.14. The van der Waals surface area contributed by atoms with Gasteiger partial charge in [-0.05, 0) is 47.9 Å². The van der Waals surface area contributed by atoms with Crippen molar-refractivity contribution < 1.29 is 9.59 Å². The van der Waals surface area contributed by atoms with Crippen LogP contribution in [-0.4, -0.2) is 21.7 Å². The van der Waals surface area contributed by atoms with Crippen molar-refractivity contribution >= 4 is 34.7 Å². The Bertz CT molecular complexity index is 1110. The summed E-state index contributed by atoms with van der Waals surface area (Å²) in [6, 6.07) is 18.2. The van der Waals surface area contributed by atoms with Gasteiger partial charge >= 0.3 is 0 Å². The Morgan fingerprint density at radius 1 is 1.00 bits per heavy atom. The zero-order valence-corrected chi connectivity index (χ0v) is 16.5. The maximum absolute atomic E-state index is 13.2. The van der Waals surface area contributed by atoms with Gasteiger partial charge in [-0.1, -0.05) is 48.0 Å². The van der Waals surface area contributed by atoms with Gasteiger partial charge in [0.15, 0.2) is 0 Å². The second-order valence-corrected chi connectivity index (χ2v) is 7.19. The normalized spacial score (nSPS) is 13.9. The Labute approximate surface area is 173 Å². The van der Waals surface area contributed by atoms with Crippen LogP contribution >= 0.6 is 11.6 Å². The van der Waals surface area contributed by atoms with E-state index in [4.69, 9.17) is 11.6 Å². The number of aryl methyl sites for hydroxylation is 1. The van der Waals surface area contributed by atoms with Gasteiger partial charge in [-0.3, -0.25) is 19.5 Å². The third-order valence-electron chi connectivity index (χ3n) is 4.74. The first-order valence-corrected chi connectivity index (χ1v) is 9.50. The molecule has 0 spiro atoms. The van der Waals surface area contributed by atoms with Crippen LogP contribution in [0.1, 0.15) is 16.7 Å². The summed E-state index contributed by atoms with van der Waals surface area (Å²) >= 11 is 6.05. The summed E-state index contributed by atoms with van der Waals surface area (Å²) < 4.78 is 0. The predicted molar refractivity (Wildman–Crippen MR) is 113 cm³/mol. The molecule has 0 saturated carbocycles. The molecule has 1 N–H and O–H groups in total.